The Morgan fingerprint density at radius 1 is 1.47 bits per heavy atom. The van der Waals surface area contributed by atoms with Crippen LogP contribution in [0.4, 0.5) is 5.13 Å². The zero-order valence-corrected chi connectivity index (χ0v) is 11.4. The molecule has 19 heavy (non-hydrogen) atoms. The molecule has 0 radical (unpaired) electrons. The molecule has 0 aromatic carbocycles. The molecule has 0 bridgehead atoms. The lowest BCUT2D eigenvalue weighted by molar-refractivity contribution is -0.116. The van der Waals surface area contributed by atoms with Gasteiger partial charge in [-0.25, -0.2) is 9.97 Å². The molecule has 8 heteroatoms. The summed E-state index contributed by atoms with van der Waals surface area (Å²) in [5, 5.41) is 5.78. The summed E-state index contributed by atoms with van der Waals surface area (Å²) in [4.78, 5) is 31.8. The van der Waals surface area contributed by atoms with E-state index in [-0.39, 0.29) is 23.9 Å². The van der Waals surface area contributed by atoms with Gasteiger partial charge in [-0.05, 0) is 0 Å². The summed E-state index contributed by atoms with van der Waals surface area (Å²) in [5.74, 6) is 0.557. The zero-order chi connectivity index (χ0) is 13.2. The second-order valence-electron chi connectivity index (χ2n) is 3.99. The molecule has 0 saturated heterocycles. The fraction of sp³-hybridized carbons (Fsp3) is 0.273. The molecule has 6 nitrogen and oxygen atoms in total. The fourth-order valence-electron chi connectivity index (χ4n) is 1.91. The van der Waals surface area contributed by atoms with Gasteiger partial charge in [-0.15, -0.1) is 11.3 Å². The van der Waals surface area contributed by atoms with E-state index in [0.717, 1.165) is 0 Å². The van der Waals surface area contributed by atoms with Gasteiger partial charge in [0.05, 0.1) is 6.04 Å². The van der Waals surface area contributed by atoms with Gasteiger partial charge in [0.25, 0.3) is 5.56 Å². The number of fused-ring (bicyclic) bond motifs is 1. The van der Waals surface area contributed by atoms with Crippen LogP contribution in [0.2, 0.25) is 0 Å². The minimum absolute atomic E-state index is 0.109. The van der Waals surface area contributed by atoms with Gasteiger partial charge < -0.3 is 5.32 Å². The van der Waals surface area contributed by atoms with Crippen molar-refractivity contribution in [1.82, 2.24) is 14.5 Å². The highest BCUT2D eigenvalue weighted by molar-refractivity contribution is 7.99. The summed E-state index contributed by atoms with van der Waals surface area (Å²) >= 11 is 2.87. The number of hydrogen-bond donors (Lipinski definition) is 1. The number of anilines is 1. The minimum Gasteiger partial charge on any atom is -0.302 e. The number of rotatable bonds is 3. The average molecular weight is 294 g/mol. The Labute approximate surface area is 116 Å². The van der Waals surface area contributed by atoms with Crippen LogP contribution in [0.5, 0.6) is 0 Å². The molecular formula is C11H10N4O2S2. The average Bonchev–Trinajstić information content (AvgIpc) is 3.00. The summed E-state index contributed by atoms with van der Waals surface area (Å²) in [5.41, 5.74) is -0.109. The second kappa shape index (κ2) is 5.14. The lowest BCUT2D eigenvalue weighted by atomic mass is 10.2. The molecule has 0 spiro atoms. The molecular weight excluding hydrogens is 284 g/mol. The molecule has 1 amide bonds. The van der Waals surface area contributed by atoms with Gasteiger partial charge in [-0.2, -0.15) is 0 Å². The Hall–Kier alpha value is -1.67. The number of thiazole rings is 1. The Bertz CT molecular complexity index is 653. The third-order valence-corrected chi connectivity index (χ3v) is 4.52. The van der Waals surface area contributed by atoms with Crippen molar-refractivity contribution in [1.29, 1.82) is 0 Å². The first kappa shape index (κ1) is 12.4. The maximum atomic E-state index is 11.9. The van der Waals surface area contributed by atoms with Crippen molar-refractivity contribution in [2.24, 2.45) is 0 Å². The van der Waals surface area contributed by atoms with Gasteiger partial charge in [0.1, 0.15) is 0 Å². The highest BCUT2D eigenvalue weighted by atomic mass is 32.2. The number of hydrogen-bond acceptors (Lipinski definition) is 6. The highest BCUT2D eigenvalue weighted by Crippen LogP contribution is 2.31. The van der Waals surface area contributed by atoms with Crippen LogP contribution in [0.15, 0.2) is 33.8 Å². The Morgan fingerprint density at radius 2 is 2.37 bits per heavy atom. The highest BCUT2D eigenvalue weighted by Gasteiger charge is 2.26. The molecule has 0 saturated carbocycles. The largest absolute Gasteiger partial charge is 0.302 e. The van der Waals surface area contributed by atoms with Crippen molar-refractivity contribution < 1.29 is 4.79 Å². The first-order valence-corrected chi connectivity index (χ1v) is 7.50. The smallest absolute Gasteiger partial charge is 0.254 e. The molecule has 98 valence electrons. The summed E-state index contributed by atoms with van der Waals surface area (Å²) in [6.07, 6.45) is 3.39. The van der Waals surface area contributed by atoms with E-state index in [1.807, 2.05) is 0 Å². The molecule has 0 fully saturated rings. The van der Waals surface area contributed by atoms with Crippen molar-refractivity contribution in [3.8, 4) is 0 Å². The van der Waals surface area contributed by atoms with Crippen LogP contribution in [0.25, 0.3) is 0 Å². The normalized spacial score (nSPS) is 17.2. The second-order valence-corrected chi connectivity index (χ2v) is 5.87. The summed E-state index contributed by atoms with van der Waals surface area (Å²) in [7, 11) is 0. The monoisotopic (exact) mass is 294 g/mol. The van der Waals surface area contributed by atoms with Crippen LogP contribution in [0, 0.1) is 0 Å². The maximum absolute atomic E-state index is 11.9. The van der Waals surface area contributed by atoms with Crippen molar-refractivity contribution in [3.05, 3.63) is 34.2 Å². The Kier molecular flexibility index (Phi) is 3.34. The topological polar surface area (TPSA) is 76.9 Å². The van der Waals surface area contributed by atoms with E-state index in [2.05, 4.69) is 15.3 Å². The third-order valence-electron chi connectivity index (χ3n) is 2.72. The molecule has 1 N–H and O–H groups in total. The van der Waals surface area contributed by atoms with Crippen LogP contribution >= 0.6 is 23.1 Å². The van der Waals surface area contributed by atoms with Gasteiger partial charge in [0.15, 0.2) is 10.3 Å². The first-order valence-electron chi connectivity index (χ1n) is 5.64. The lowest BCUT2D eigenvalue weighted by Gasteiger charge is -2.11. The SMILES string of the molecule is O=C(C[C@H]1CSc2nccc(=O)n21)Nc1nccs1. The molecule has 1 aliphatic rings. The molecule has 2 aromatic rings. The predicted octanol–water partition coefficient (Wildman–Crippen LogP) is 1.38. The van der Waals surface area contributed by atoms with E-state index in [4.69, 9.17) is 0 Å². The van der Waals surface area contributed by atoms with E-state index >= 15 is 0 Å². The van der Waals surface area contributed by atoms with E-state index in [9.17, 15) is 9.59 Å². The number of amides is 1. The molecule has 0 unspecified atom stereocenters. The number of carbonyl (C=O) groups excluding carboxylic acids is 1. The maximum Gasteiger partial charge on any atom is 0.254 e. The number of aromatic nitrogens is 3. The third kappa shape index (κ3) is 2.54. The number of nitrogens with zero attached hydrogens (tertiary/aromatic N) is 3. The van der Waals surface area contributed by atoms with Crippen LogP contribution in [0.1, 0.15) is 12.5 Å². The summed E-state index contributed by atoms with van der Waals surface area (Å²) < 4.78 is 1.59. The summed E-state index contributed by atoms with van der Waals surface area (Å²) in [6.45, 7) is 0. The lowest BCUT2D eigenvalue weighted by Crippen LogP contribution is -2.26. The van der Waals surface area contributed by atoms with E-state index in [1.54, 1.807) is 16.1 Å². The molecule has 1 atom stereocenters. The first-order chi connectivity index (χ1) is 9.24. The molecule has 1 aliphatic heterocycles. The molecule has 2 aromatic heterocycles. The van der Waals surface area contributed by atoms with Crippen molar-refractivity contribution in [2.45, 2.75) is 17.6 Å². The molecule has 3 heterocycles. The van der Waals surface area contributed by atoms with Gasteiger partial charge >= 0.3 is 0 Å². The van der Waals surface area contributed by atoms with Gasteiger partial charge in [-0.1, -0.05) is 11.8 Å². The minimum atomic E-state index is -0.138. The van der Waals surface area contributed by atoms with Crippen LogP contribution in [-0.2, 0) is 4.79 Å². The van der Waals surface area contributed by atoms with Crippen LogP contribution < -0.4 is 10.9 Å². The molecule has 0 aliphatic carbocycles. The molecule has 3 rings (SSSR count). The van der Waals surface area contributed by atoms with Gasteiger partial charge in [-0.3, -0.25) is 14.2 Å². The van der Waals surface area contributed by atoms with E-state index in [1.165, 1.54) is 35.4 Å². The van der Waals surface area contributed by atoms with Crippen molar-refractivity contribution in [3.63, 3.8) is 0 Å². The quantitative estimate of drug-likeness (QED) is 0.865. The van der Waals surface area contributed by atoms with Crippen molar-refractivity contribution in [2.75, 3.05) is 11.1 Å². The Balaban J connectivity index is 1.73. The van der Waals surface area contributed by atoms with E-state index in [0.29, 0.717) is 16.0 Å². The van der Waals surface area contributed by atoms with Crippen molar-refractivity contribution >= 4 is 34.1 Å². The Morgan fingerprint density at radius 3 is 3.16 bits per heavy atom. The standard InChI is InChI=1S/C11H10N4O2S2/c16-8(14-10-12-3-4-18-10)5-7-6-19-11-13-2-1-9(17)15(7)11/h1-4,7H,5-6H2,(H,12,14,16)/t7-/m0/s1. The van der Waals surface area contributed by atoms with Gasteiger partial charge in [0, 0.05) is 36.0 Å². The predicted molar refractivity (Wildman–Crippen MR) is 73.6 cm³/mol. The van der Waals surface area contributed by atoms with Gasteiger partial charge in [0.2, 0.25) is 5.91 Å². The number of carbonyl (C=O) groups is 1. The van der Waals surface area contributed by atoms with Crippen LogP contribution in [-0.4, -0.2) is 26.2 Å². The summed E-state index contributed by atoms with van der Waals surface area (Å²) in [6, 6.07) is 1.28. The fourth-order valence-corrected chi connectivity index (χ4v) is 3.58. The zero-order valence-electron chi connectivity index (χ0n) is 9.78. The van der Waals surface area contributed by atoms with E-state index < -0.39 is 0 Å². The van der Waals surface area contributed by atoms with Crippen LogP contribution in [0.3, 0.4) is 0 Å². The number of nitrogens with one attached hydrogen (secondary N) is 1. The number of thioether (sulfide) groups is 1.